The molecule has 2 heterocycles. The van der Waals surface area contributed by atoms with Crippen LogP contribution in [-0.2, 0) is 11.2 Å². The number of nitrogens with zero attached hydrogens (tertiary/aromatic N) is 4. The average molecular weight is 364 g/mol. The van der Waals surface area contributed by atoms with Crippen molar-refractivity contribution in [3.8, 4) is 22.8 Å². The van der Waals surface area contributed by atoms with E-state index in [1.54, 1.807) is 30.5 Å². The Labute approximate surface area is 152 Å². The molecule has 0 aliphatic carbocycles. The number of hydrogen-bond donors (Lipinski definition) is 2. The first kappa shape index (κ1) is 16.6. The average Bonchev–Trinajstić information content (AvgIpc) is 3.13. The topological polar surface area (TPSA) is 101 Å². The first-order valence-corrected chi connectivity index (χ1v) is 8.03. The van der Waals surface area contributed by atoms with E-state index in [1.165, 1.54) is 16.8 Å². The maximum absolute atomic E-state index is 13.5. The van der Waals surface area contributed by atoms with Gasteiger partial charge in [0.1, 0.15) is 5.69 Å². The summed E-state index contributed by atoms with van der Waals surface area (Å²) in [6.45, 7) is 0. The molecule has 4 rings (SSSR count). The summed E-state index contributed by atoms with van der Waals surface area (Å²) in [7, 11) is 0. The Balaban J connectivity index is 1.67. The maximum Gasteiger partial charge on any atom is 0.307 e. The van der Waals surface area contributed by atoms with Crippen LogP contribution in [0.3, 0.4) is 0 Å². The molecule has 0 saturated heterocycles. The van der Waals surface area contributed by atoms with E-state index in [1.807, 2.05) is 6.07 Å². The number of fused-ring (bicyclic) bond motifs is 1. The van der Waals surface area contributed by atoms with Crippen molar-refractivity contribution in [3.05, 3.63) is 66.1 Å². The number of phenolic OH excluding ortho intramolecular Hbond substituents is 1. The van der Waals surface area contributed by atoms with Crippen LogP contribution in [0.4, 0.5) is 4.39 Å². The molecule has 134 valence electrons. The molecule has 0 atom stereocenters. The third-order valence-electron chi connectivity index (χ3n) is 4.06. The van der Waals surface area contributed by atoms with Crippen LogP contribution in [0.15, 0.2) is 54.7 Å². The van der Waals surface area contributed by atoms with E-state index in [0.29, 0.717) is 28.2 Å². The molecular weight excluding hydrogens is 351 g/mol. The van der Waals surface area contributed by atoms with Crippen LogP contribution in [0.2, 0.25) is 0 Å². The Hall–Kier alpha value is -3.81. The van der Waals surface area contributed by atoms with E-state index in [9.17, 15) is 14.3 Å². The number of hydrogen-bond acceptors (Lipinski definition) is 5. The number of carboxylic acids is 1. The molecule has 4 aromatic rings. The zero-order valence-corrected chi connectivity index (χ0v) is 13.9. The van der Waals surface area contributed by atoms with E-state index in [4.69, 9.17) is 5.11 Å². The standard InChI is InChI=1S/C19H13FN4O3/c20-14-9-13(3-6-18(14)25)24-10-17(22-23-24)16-5-2-12-7-11(8-19(26)27)1-4-15(12)21-16/h1-7,9-10,25H,8H2,(H,26,27). The lowest BCUT2D eigenvalue weighted by atomic mass is 10.1. The number of benzene rings is 2. The summed E-state index contributed by atoms with van der Waals surface area (Å²) in [6.07, 6.45) is 1.56. The number of aliphatic carboxylic acids is 1. The normalized spacial score (nSPS) is 11.0. The van der Waals surface area contributed by atoms with E-state index in [-0.39, 0.29) is 6.42 Å². The zero-order valence-electron chi connectivity index (χ0n) is 13.9. The fourth-order valence-electron chi connectivity index (χ4n) is 2.75. The van der Waals surface area contributed by atoms with Crippen LogP contribution in [0, 0.1) is 5.82 Å². The third kappa shape index (κ3) is 3.32. The van der Waals surface area contributed by atoms with Crippen LogP contribution in [0.5, 0.6) is 5.75 Å². The third-order valence-corrected chi connectivity index (χ3v) is 4.06. The fourth-order valence-corrected chi connectivity index (χ4v) is 2.75. The summed E-state index contributed by atoms with van der Waals surface area (Å²) < 4.78 is 14.9. The Morgan fingerprint density at radius 3 is 2.70 bits per heavy atom. The first-order chi connectivity index (χ1) is 13.0. The van der Waals surface area contributed by atoms with Crippen molar-refractivity contribution in [2.75, 3.05) is 0 Å². The molecule has 0 bridgehead atoms. The van der Waals surface area contributed by atoms with Crippen molar-refractivity contribution in [2.24, 2.45) is 0 Å². The maximum atomic E-state index is 13.5. The van der Waals surface area contributed by atoms with Crippen LogP contribution in [-0.4, -0.2) is 36.2 Å². The smallest absolute Gasteiger partial charge is 0.307 e. The Kier molecular flexibility index (Phi) is 4.00. The quantitative estimate of drug-likeness (QED) is 0.577. The van der Waals surface area contributed by atoms with Gasteiger partial charge >= 0.3 is 5.97 Å². The Morgan fingerprint density at radius 2 is 1.93 bits per heavy atom. The second kappa shape index (κ2) is 6.49. The van der Waals surface area contributed by atoms with Gasteiger partial charge in [-0.05, 0) is 35.9 Å². The second-order valence-corrected chi connectivity index (χ2v) is 5.98. The van der Waals surface area contributed by atoms with Gasteiger partial charge in [0.2, 0.25) is 0 Å². The molecule has 0 aliphatic rings. The molecule has 0 radical (unpaired) electrons. The summed E-state index contributed by atoms with van der Waals surface area (Å²) in [6, 6.07) is 12.8. The molecule has 0 fully saturated rings. The van der Waals surface area contributed by atoms with Crippen LogP contribution < -0.4 is 0 Å². The molecule has 2 aromatic carbocycles. The van der Waals surface area contributed by atoms with Gasteiger partial charge in [-0.2, -0.15) is 0 Å². The molecule has 0 aliphatic heterocycles. The van der Waals surface area contributed by atoms with Crippen molar-refractivity contribution in [2.45, 2.75) is 6.42 Å². The van der Waals surface area contributed by atoms with Crippen molar-refractivity contribution in [1.82, 2.24) is 20.0 Å². The number of carboxylic acid groups (broad SMARTS) is 1. The first-order valence-electron chi connectivity index (χ1n) is 8.03. The fraction of sp³-hybridized carbons (Fsp3) is 0.0526. The van der Waals surface area contributed by atoms with Crippen LogP contribution >= 0.6 is 0 Å². The van der Waals surface area contributed by atoms with E-state index in [2.05, 4.69) is 15.3 Å². The second-order valence-electron chi connectivity index (χ2n) is 5.98. The van der Waals surface area contributed by atoms with Gasteiger partial charge in [-0.15, -0.1) is 5.10 Å². The van der Waals surface area contributed by atoms with Gasteiger partial charge in [0, 0.05) is 11.5 Å². The van der Waals surface area contributed by atoms with Gasteiger partial charge in [0.15, 0.2) is 11.6 Å². The number of aromatic hydroxyl groups is 1. The molecule has 2 N–H and O–H groups in total. The van der Waals surface area contributed by atoms with Crippen LogP contribution in [0.1, 0.15) is 5.56 Å². The predicted molar refractivity (Wildman–Crippen MR) is 95.1 cm³/mol. The van der Waals surface area contributed by atoms with Gasteiger partial charge in [-0.1, -0.05) is 17.3 Å². The molecule has 8 heteroatoms. The summed E-state index contributed by atoms with van der Waals surface area (Å²) in [5.74, 6) is -2.07. The molecular formula is C19H13FN4O3. The monoisotopic (exact) mass is 364 g/mol. The highest BCUT2D eigenvalue weighted by atomic mass is 19.1. The van der Waals surface area contributed by atoms with Gasteiger partial charge < -0.3 is 10.2 Å². The molecule has 27 heavy (non-hydrogen) atoms. The van der Waals surface area contributed by atoms with Gasteiger partial charge in [-0.3, -0.25) is 4.79 Å². The molecule has 0 amide bonds. The van der Waals surface area contributed by atoms with Crippen molar-refractivity contribution >= 4 is 16.9 Å². The van der Waals surface area contributed by atoms with Gasteiger partial charge in [0.05, 0.1) is 29.5 Å². The minimum absolute atomic E-state index is 0.0464. The number of rotatable bonds is 4. The molecule has 7 nitrogen and oxygen atoms in total. The van der Waals surface area contributed by atoms with Crippen molar-refractivity contribution < 1.29 is 19.4 Å². The van der Waals surface area contributed by atoms with Gasteiger partial charge in [-0.25, -0.2) is 14.1 Å². The lowest BCUT2D eigenvalue weighted by Crippen LogP contribution is -1.99. The van der Waals surface area contributed by atoms with E-state index in [0.717, 1.165) is 11.5 Å². The van der Waals surface area contributed by atoms with E-state index < -0.39 is 17.5 Å². The highest BCUT2D eigenvalue weighted by Gasteiger charge is 2.10. The van der Waals surface area contributed by atoms with Crippen LogP contribution in [0.25, 0.3) is 28.0 Å². The largest absolute Gasteiger partial charge is 0.505 e. The molecule has 2 aromatic heterocycles. The van der Waals surface area contributed by atoms with Crippen molar-refractivity contribution in [3.63, 3.8) is 0 Å². The summed E-state index contributed by atoms with van der Waals surface area (Å²) in [5, 5.41) is 27.0. The number of carbonyl (C=O) groups is 1. The zero-order chi connectivity index (χ0) is 19.0. The van der Waals surface area contributed by atoms with Crippen molar-refractivity contribution in [1.29, 1.82) is 0 Å². The van der Waals surface area contributed by atoms with E-state index >= 15 is 0 Å². The molecule has 0 saturated carbocycles. The number of phenols is 1. The van der Waals surface area contributed by atoms with Gasteiger partial charge in [0.25, 0.3) is 0 Å². The summed E-state index contributed by atoms with van der Waals surface area (Å²) in [5.41, 5.74) is 2.90. The summed E-state index contributed by atoms with van der Waals surface area (Å²) >= 11 is 0. The molecule has 0 spiro atoms. The molecule has 0 unspecified atom stereocenters. The predicted octanol–water partition coefficient (Wildman–Crippen LogP) is 2.95. The SMILES string of the molecule is O=C(O)Cc1ccc2nc(-c3cn(-c4ccc(O)c(F)c4)nn3)ccc2c1. The number of aromatic nitrogens is 4. The lowest BCUT2D eigenvalue weighted by molar-refractivity contribution is -0.136. The minimum atomic E-state index is -0.888. The Morgan fingerprint density at radius 1 is 1.07 bits per heavy atom. The summed E-state index contributed by atoms with van der Waals surface area (Å²) in [4.78, 5) is 15.4. The number of halogens is 1. The highest BCUT2D eigenvalue weighted by Crippen LogP contribution is 2.23. The highest BCUT2D eigenvalue weighted by molar-refractivity contribution is 5.83. The lowest BCUT2D eigenvalue weighted by Gasteiger charge is -2.03. The number of pyridine rings is 1. The Bertz CT molecular complexity index is 1170. The minimum Gasteiger partial charge on any atom is -0.505 e.